The zero-order valence-electron chi connectivity index (χ0n) is 11.1. The van der Waals surface area contributed by atoms with Crippen LogP contribution in [0.4, 0.5) is 0 Å². The molecule has 1 saturated carbocycles. The molecule has 2 rings (SSSR count). The summed E-state index contributed by atoms with van der Waals surface area (Å²) < 4.78 is 30.0. The van der Waals surface area contributed by atoms with Gasteiger partial charge in [0.25, 0.3) is 5.91 Å². The Balaban J connectivity index is 2.25. The average Bonchev–Trinajstić information content (AvgIpc) is 2.82. The molecular formula is C13H16ClNO4S. The van der Waals surface area contributed by atoms with Gasteiger partial charge in [-0.15, -0.1) is 0 Å². The van der Waals surface area contributed by atoms with E-state index in [-0.39, 0.29) is 11.7 Å². The maximum absolute atomic E-state index is 12.0. The van der Waals surface area contributed by atoms with Crippen molar-refractivity contribution in [1.29, 1.82) is 0 Å². The predicted octanol–water partition coefficient (Wildman–Crippen LogP) is 2.35. The van der Waals surface area contributed by atoms with Gasteiger partial charge in [0.2, 0.25) is 10.0 Å². The zero-order valence-corrected chi connectivity index (χ0v) is 12.6. The molecule has 0 heterocycles. The first-order valence-electron chi connectivity index (χ1n) is 6.33. The van der Waals surface area contributed by atoms with Crippen LogP contribution in [0.2, 0.25) is 5.02 Å². The third-order valence-electron chi connectivity index (χ3n) is 3.06. The van der Waals surface area contributed by atoms with Crippen molar-refractivity contribution in [2.75, 3.05) is 6.26 Å². The quantitative estimate of drug-likeness (QED) is 0.925. The van der Waals surface area contributed by atoms with E-state index in [4.69, 9.17) is 16.3 Å². The molecule has 0 spiro atoms. The SMILES string of the molecule is CS(=O)(=O)NC(=O)c1cc(Cl)ccc1OC1CCCC1. The first kappa shape index (κ1) is 15.1. The number of carbonyl (C=O) groups is 1. The Labute approximate surface area is 123 Å². The van der Waals surface area contributed by atoms with Crippen molar-refractivity contribution in [2.24, 2.45) is 0 Å². The van der Waals surface area contributed by atoms with Crippen LogP contribution in [0.15, 0.2) is 18.2 Å². The van der Waals surface area contributed by atoms with Crippen LogP contribution in [0.3, 0.4) is 0 Å². The first-order valence-corrected chi connectivity index (χ1v) is 8.60. The minimum absolute atomic E-state index is 0.0703. The van der Waals surface area contributed by atoms with Gasteiger partial charge in [0.05, 0.1) is 17.9 Å². The fourth-order valence-corrected chi connectivity index (χ4v) is 2.81. The average molecular weight is 318 g/mol. The molecule has 0 unspecified atom stereocenters. The number of hydrogen-bond acceptors (Lipinski definition) is 4. The van der Waals surface area contributed by atoms with Crippen molar-refractivity contribution in [3.8, 4) is 5.75 Å². The molecule has 1 N–H and O–H groups in total. The van der Waals surface area contributed by atoms with Gasteiger partial charge in [-0.1, -0.05) is 11.6 Å². The van der Waals surface area contributed by atoms with Crippen LogP contribution < -0.4 is 9.46 Å². The highest BCUT2D eigenvalue weighted by Gasteiger charge is 2.21. The zero-order chi connectivity index (χ0) is 14.8. The highest BCUT2D eigenvalue weighted by atomic mass is 35.5. The molecule has 0 atom stereocenters. The lowest BCUT2D eigenvalue weighted by Crippen LogP contribution is -2.30. The summed E-state index contributed by atoms with van der Waals surface area (Å²) in [6.07, 6.45) is 5.08. The molecule has 0 saturated heterocycles. The minimum Gasteiger partial charge on any atom is -0.490 e. The number of sulfonamides is 1. The number of benzene rings is 1. The highest BCUT2D eigenvalue weighted by molar-refractivity contribution is 7.89. The molecule has 1 aromatic rings. The van der Waals surface area contributed by atoms with Crippen molar-refractivity contribution in [1.82, 2.24) is 4.72 Å². The molecule has 1 amide bonds. The largest absolute Gasteiger partial charge is 0.490 e. The summed E-state index contributed by atoms with van der Waals surface area (Å²) in [7, 11) is -3.63. The van der Waals surface area contributed by atoms with Crippen LogP contribution in [-0.4, -0.2) is 26.7 Å². The number of ether oxygens (including phenoxy) is 1. The lowest BCUT2D eigenvalue weighted by Gasteiger charge is -2.16. The number of halogens is 1. The Hall–Kier alpha value is -1.27. The van der Waals surface area contributed by atoms with Gasteiger partial charge in [-0.3, -0.25) is 4.79 Å². The van der Waals surface area contributed by atoms with Crippen LogP contribution in [0, 0.1) is 0 Å². The van der Waals surface area contributed by atoms with Gasteiger partial charge in [0.15, 0.2) is 0 Å². The maximum atomic E-state index is 12.0. The van der Waals surface area contributed by atoms with E-state index in [1.165, 1.54) is 6.07 Å². The van der Waals surface area contributed by atoms with E-state index in [0.29, 0.717) is 10.8 Å². The molecule has 0 aliphatic heterocycles. The Morgan fingerprint density at radius 3 is 2.60 bits per heavy atom. The van der Waals surface area contributed by atoms with Crippen molar-refractivity contribution < 1.29 is 17.9 Å². The summed E-state index contributed by atoms with van der Waals surface area (Å²) in [5.74, 6) is -0.370. The highest BCUT2D eigenvalue weighted by Crippen LogP contribution is 2.28. The molecule has 0 bridgehead atoms. The number of rotatable bonds is 4. The maximum Gasteiger partial charge on any atom is 0.268 e. The van der Waals surface area contributed by atoms with Crippen molar-refractivity contribution in [2.45, 2.75) is 31.8 Å². The second-order valence-electron chi connectivity index (χ2n) is 4.87. The molecule has 20 heavy (non-hydrogen) atoms. The van der Waals surface area contributed by atoms with Crippen LogP contribution in [-0.2, 0) is 10.0 Å². The molecule has 1 fully saturated rings. The molecule has 0 aromatic heterocycles. The fraction of sp³-hybridized carbons (Fsp3) is 0.462. The van der Waals surface area contributed by atoms with Crippen LogP contribution in [0.25, 0.3) is 0 Å². The Morgan fingerprint density at radius 1 is 1.35 bits per heavy atom. The summed E-state index contributed by atoms with van der Waals surface area (Å²) in [4.78, 5) is 12.0. The molecular weight excluding hydrogens is 302 g/mol. The molecule has 110 valence electrons. The van der Waals surface area contributed by atoms with E-state index >= 15 is 0 Å². The topological polar surface area (TPSA) is 72.5 Å². The van der Waals surface area contributed by atoms with E-state index < -0.39 is 15.9 Å². The summed E-state index contributed by atoms with van der Waals surface area (Å²) >= 11 is 5.86. The van der Waals surface area contributed by atoms with Gasteiger partial charge in [-0.25, -0.2) is 13.1 Å². The van der Waals surface area contributed by atoms with E-state index in [9.17, 15) is 13.2 Å². The number of nitrogens with one attached hydrogen (secondary N) is 1. The number of carbonyl (C=O) groups excluding carboxylic acids is 1. The molecule has 0 radical (unpaired) electrons. The van der Waals surface area contributed by atoms with Gasteiger partial charge in [-0.05, 0) is 43.9 Å². The Kier molecular flexibility index (Phi) is 4.55. The fourth-order valence-electron chi connectivity index (χ4n) is 2.19. The summed E-state index contributed by atoms with van der Waals surface area (Å²) in [5.41, 5.74) is 0.134. The molecule has 1 aliphatic carbocycles. The Morgan fingerprint density at radius 2 is 2.00 bits per heavy atom. The van der Waals surface area contributed by atoms with Gasteiger partial charge >= 0.3 is 0 Å². The first-order chi connectivity index (χ1) is 9.35. The van der Waals surface area contributed by atoms with Gasteiger partial charge < -0.3 is 4.74 Å². The summed E-state index contributed by atoms with van der Waals surface area (Å²) in [5, 5.41) is 0.349. The number of amides is 1. The van der Waals surface area contributed by atoms with Gasteiger partial charge in [-0.2, -0.15) is 0 Å². The second-order valence-corrected chi connectivity index (χ2v) is 7.05. The van der Waals surface area contributed by atoms with Crippen molar-refractivity contribution >= 4 is 27.5 Å². The molecule has 1 aliphatic rings. The second kappa shape index (κ2) is 6.01. The third kappa shape index (κ3) is 4.11. The van der Waals surface area contributed by atoms with Crippen molar-refractivity contribution in [3.63, 3.8) is 0 Å². The van der Waals surface area contributed by atoms with E-state index in [2.05, 4.69) is 0 Å². The van der Waals surface area contributed by atoms with Crippen molar-refractivity contribution in [3.05, 3.63) is 28.8 Å². The summed E-state index contributed by atoms with van der Waals surface area (Å²) in [6.45, 7) is 0. The van der Waals surface area contributed by atoms with Crippen LogP contribution in [0.1, 0.15) is 36.0 Å². The monoisotopic (exact) mass is 317 g/mol. The van der Waals surface area contributed by atoms with Gasteiger partial charge in [0, 0.05) is 5.02 Å². The predicted molar refractivity (Wildman–Crippen MR) is 76.6 cm³/mol. The van der Waals surface area contributed by atoms with E-state index in [1.54, 1.807) is 12.1 Å². The third-order valence-corrected chi connectivity index (χ3v) is 3.85. The van der Waals surface area contributed by atoms with Crippen LogP contribution >= 0.6 is 11.6 Å². The molecule has 1 aromatic carbocycles. The lowest BCUT2D eigenvalue weighted by atomic mass is 10.2. The van der Waals surface area contributed by atoms with E-state index in [1.807, 2.05) is 4.72 Å². The normalized spacial score (nSPS) is 16.1. The number of hydrogen-bond donors (Lipinski definition) is 1. The van der Waals surface area contributed by atoms with E-state index in [0.717, 1.165) is 31.9 Å². The smallest absolute Gasteiger partial charge is 0.268 e. The molecule has 7 heteroatoms. The minimum atomic E-state index is -3.63. The standard InChI is InChI=1S/C13H16ClNO4S/c1-20(17,18)15-13(16)11-8-9(14)6-7-12(11)19-10-4-2-3-5-10/h6-8,10H,2-5H2,1H3,(H,15,16). The Bertz CT molecular complexity index is 609. The lowest BCUT2D eigenvalue weighted by molar-refractivity contribution is 0.0974. The summed E-state index contributed by atoms with van der Waals surface area (Å²) in [6, 6.07) is 4.62. The van der Waals surface area contributed by atoms with Gasteiger partial charge in [0.1, 0.15) is 5.75 Å². The van der Waals surface area contributed by atoms with Crippen LogP contribution in [0.5, 0.6) is 5.75 Å². The molecule has 5 nitrogen and oxygen atoms in total.